The standard InChI is InChI=1S/C28H35N5/c1-3-5-6-7-8-9-10-23-11-13-25(14-12-23)30-32-27-19-21-28(22-20-27)33-31-26-17-15-24(16-18-26)29-4-2/h11-22,29H,3-10H2,1-2H3. The van der Waals surface area contributed by atoms with Crippen molar-refractivity contribution >= 4 is 28.4 Å². The van der Waals surface area contributed by atoms with Crippen molar-refractivity contribution in [3.8, 4) is 0 Å². The van der Waals surface area contributed by atoms with Crippen LogP contribution in [0, 0.1) is 0 Å². The average molecular weight is 442 g/mol. The van der Waals surface area contributed by atoms with Gasteiger partial charge in [-0.1, -0.05) is 51.2 Å². The molecule has 0 amide bonds. The Kier molecular flexibility index (Phi) is 10.3. The molecule has 0 atom stereocenters. The Morgan fingerprint density at radius 2 is 0.939 bits per heavy atom. The summed E-state index contributed by atoms with van der Waals surface area (Å²) in [6.45, 7) is 5.23. The van der Waals surface area contributed by atoms with E-state index in [2.05, 4.69) is 51.8 Å². The molecule has 0 aliphatic heterocycles. The van der Waals surface area contributed by atoms with Crippen molar-refractivity contribution in [2.45, 2.75) is 58.8 Å². The molecule has 0 spiro atoms. The largest absolute Gasteiger partial charge is 0.385 e. The van der Waals surface area contributed by atoms with E-state index >= 15 is 0 Å². The summed E-state index contributed by atoms with van der Waals surface area (Å²) < 4.78 is 0. The lowest BCUT2D eigenvalue weighted by Crippen LogP contribution is -1.94. The van der Waals surface area contributed by atoms with Gasteiger partial charge in [-0.25, -0.2) is 0 Å². The van der Waals surface area contributed by atoms with Gasteiger partial charge in [-0.3, -0.25) is 0 Å². The van der Waals surface area contributed by atoms with E-state index in [1.54, 1.807) is 0 Å². The number of hydrogen-bond acceptors (Lipinski definition) is 5. The van der Waals surface area contributed by atoms with Crippen LogP contribution in [-0.4, -0.2) is 6.54 Å². The van der Waals surface area contributed by atoms with Gasteiger partial charge in [0.15, 0.2) is 0 Å². The summed E-state index contributed by atoms with van der Waals surface area (Å²) in [5.41, 5.74) is 5.71. The summed E-state index contributed by atoms with van der Waals surface area (Å²) in [5.74, 6) is 0. The molecule has 0 aromatic heterocycles. The van der Waals surface area contributed by atoms with Gasteiger partial charge in [0.1, 0.15) is 0 Å². The van der Waals surface area contributed by atoms with E-state index in [9.17, 15) is 0 Å². The molecule has 0 bridgehead atoms. The number of azo groups is 2. The molecule has 0 aliphatic carbocycles. The molecular weight excluding hydrogens is 406 g/mol. The highest BCUT2D eigenvalue weighted by molar-refractivity contribution is 5.51. The zero-order chi connectivity index (χ0) is 23.1. The predicted octanol–water partition coefficient (Wildman–Crippen LogP) is 9.85. The minimum absolute atomic E-state index is 0.781. The Hall–Kier alpha value is -3.34. The lowest BCUT2D eigenvalue weighted by molar-refractivity contribution is 0.607. The van der Waals surface area contributed by atoms with E-state index in [4.69, 9.17) is 0 Å². The van der Waals surface area contributed by atoms with Crippen LogP contribution in [0.5, 0.6) is 0 Å². The third-order valence-corrected chi connectivity index (χ3v) is 5.42. The molecule has 0 radical (unpaired) electrons. The molecule has 0 unspecified atom stereocenters. The van der Waals surface area contributed by atoms with Gasteiger partial charge in [0.2, 0.25) is 0 Å². The Balaban J connectivity index is 1.46. The average Bonchev–Trinajstić information content (AvgIpc) is 2.86. The van der Waals surface area contributed by atoms with Crippen LogP contribution in [0.1, 0.15) is 57.9 Å². The fourth-order valence-electron chi connectivity index (χ4n) is 3.51. The Labute approximate surface area is 198 Å². The number of hydrogen-bond donors (Lipinski definition) is 1. The summed E-state index contributed by atoms with van der Waals surface area (Å²) in [7, 11) is 0. The molecule has 0 aliphatic rings. The molecule has 0 heterocycles. The van der Waals surface area contributed by atoms with Gasteiger partial charge in [-0.05, 0) is 86.0 Å². The Bertz CT molecular complexity index is 990. The molecule has 3 rings (SSSR count). The molecule has 33 heavy (non-hydrogen) atoms. The molecule has 5 heteroatoms. The van der Waals surface area contributed by atoms with Crippen LogP contribution in [0.4, 0.5) is 28.4 Å². The molecule has 5 nitrogen and oxygen atoms in total. The van der Waals surface area contributed by atoms with Gasteiger partial charge in [0.05, 0.1) is 22.7 Å². The van der Waals surface area contributed by atoms with Gasteiger partial charge in [-0.2, -0.15) is 20.5 Å². The van der Waals surface area contributed by atoms with Gasteiger partial charge in [0.25, 0.3) is 0 Å². The normalized spacial score (nSPS) is 11.5. The molecule has 0 fully saturated rings. The summed E-state index contributed by atoms with van der Waals surface area (Å²) in [6, 6.07) is 23.9. The van der Waals surface area contributed by atoms with Crippen LogP contribution in [0.2, 0.25) is 0 Å². The van der Waals surface area contributed by atoms with Crippen molar-refractivity contribution in [1.82, 2.24) is 0 Å². The van der Waals surface area contributed by atoms with Crippen LogP contribution in [0.25, 0.3) is 0 Å². The van der Waals surface area contributed by atoms with Gasteiger partial charge < -0.3 is 5.32 Å². The van der Waals surface area contributed by atoms with E-state index in [1.807, 2.05) is 60.7 Å². The minimum Gasteiger partial charge on any atom is -0.385 e. The number of benzene rings is 3. The smallest absolute Gasteiger partial charge is 0.0858 e. The molecule has 1 N–H and O–H groups in total. The molecule has 0 saturated carbocycles. The van der Waals surface area contributed by atoms with Crippen LogP contribution >= 0.6 is 0 Å². The van der Waals surface area contributed by atoms with Crippen LogP contribution in [0.15, 0.2) is 93.3 Å². The number of nitrogens with zero attached hydrogens (tertiary/aromatic N) is 4. The highest BCUT2D eigenvalue weighted by atomic mass is 15.1. The Morgan fingerprint density at radius 3 is 1.42 bits per heavy atom. The fourth-order valence-corrected chi connectivity index (χ4v) is 3.51. The second-order valence-corrected chi connectivity index (χ2v) is 8.18. The molecule has 0 saturated heterocycles. The topological polar surface area (TPSA) is 61.5 Å². The Morgan fingerprint density at radius 1 is 0.515 bits per heavy atom. The predicted molar refractivity (Wildman–Crippen MR) is 139 cm³/mol. The van der Waals surface area contributed by atoms with E-state index < -0.39 is 0 Å². The second-order valence-electron chi connectivity index (χ2n) is 8.18. The first-order chi connectivity index (χ1) is 16.3. The second kappa shape index (κ2) is 13.9. The zero-order valence-electron chi connectivity index (χ0n) is 19.9. The first-order valence-electron chi connectivity index (χ1n) is 12.1. The minimum atomic E-state index is 0.781. The summed E-state index contributed by atoms with van der Waals surface area (Å²) in [5, 5.41) is 20.6. The number of aryl methyl sites for hydroxylation is 1. The number of rotatable bonds is 13. The summed E-state index contributed by atoms with van der Waals surface area (Å²) >= 11 is 0. The van der Waals surface area contributed by atoms with Crippen molar-refractivity contribution in [1.29, 1.82) is 0 Å². The van der Waals surface area contributed by atoms with Crippen molar-refractivity contribution in [3.05, 3.63) is 78.4 Å². The third kappa shape index (κ3) is 8.97. The maximum absolute atomic E-state index is 4.36. The highest BCUT2D eigenvalue weighted by Gasteiger charge is 1.97. The molecule has 3 aromatic rings. The molecule has 3 aromatic carbocycles. The SMILES string of the molecule is CCCCCCCCc1ccc(N=Nc2ccc(N=Nc3ccc(NCC)cc3)cc2)cc1. The lowest BCUT2D eigenvalue weighted by atomic mass is 10.0. The van der Waals surface area contributed by atoms with E-state index in [0.717, 1.165) is 41.4 Å². The van der Waals surface area contributed by atoms with Crippen molar-refractivity contribution < 1.29 is 0 Å². The maximum Gasteiger partial charge on any atom is 0.0858 e. The first kappa shape index (κ1) is 24.3. The number of nitrogens with one attached hydrogen (secondary N) is 1. The van der Waals surface area contributed by atoms with Gasteiger partial charge in [0, 0.05) is 12.2 Å². The fraction of sp³-hybridized carbons (Fsp3) is 0.357. The monoisotopic (exact) mass is 441 g/mol. The van der Waals surface area contributed by atoms with Crippen molar-refractivity contribution in [2.24, 2.45) is 20.5 Å². The van der Waals surface area contributed by atoms with Crippen molar-refractivity contribution in [2.75, 3.05) is 11.9 Å². The summed E-state index contributed by atoms with van der Waals surface area (Å²) in [6.07, 6.45) is 9.10. The van der Waals surface area contributed by atoms with Crippen LogP contribution in [0.3, 0.4) is 0 Å². The maximum atomic E-state index is 4.36. The molecule has 172 valence electrons. The van der Waals surface area contributed by atoms with E-state index in [-0.39, 0.29) is 0 Å². The lowest BCUT2D eigenvalue weighted by Gasteiger charge is -2.02. The number of unbranched alkanes of at least 4 members (excludes halogenated alkanes) is 5. The van der Waals surface area contributed by atoms with Crippen molar-refractivity contribution in [3.63, 3.8) is 0 Å². The zero-order valence-corrected chi connectivity index (χ0v) is 19.9. The van der Waals surface area contributed by atoms with E-state index in [0.29, 0.717) is 0 Å². The van der Waals surface area contributed by atoms with Crippen LogP contribution in [-0.2, 0) is 6.42 Å². The number of anilines is 1. The summed E-state index contributed by atoms with van der Waals surface area (Å²) in [4.78, 5) is 0. The molecular formula is C28H35N5. The first-order valence-corrected chi connectivity index (χ1v) is 12.1. The van der Waals surface area contributed by atoms with E-state index in [1.165, 1.54) is 44.1 Å². The van der Waals surface area contributed by atoms with Gasteiger partial charge in [-0.15, -0.1) is 0 Å². The third-order valence-electron chi connectivity index (χ3n) is 5.42. The van der Waals surface area contributed by atoms with Crippen LogP contribution < -0.4 is 5.32 Å². The quantitative estimate of drug-likeness (QED) is 0.208. The highest BCUT2D eigenvalue weighted by Crippen LogP contribution is 2.24. The van der Waals surface area contributed by atoms with Gasteiger partial charge >= 0.3 is 0 Å².